The lowest BCUT2D eigenvalue weighted by molar-refractivity contribution is -0.143. The molecule has 2 amide bonds. The van der Waals surface area contributed by atoms with Gasteiger partial charge in [0.15, 0.2) is 0 Å². The molecule has 5 N–H and O–H groups in total. The van der Waals surface area contributed by atoms with Gasteiger partial charge >= 0.3 is 11.9 Å². The maximum atomic E-state index is 13.4. The number of anilines is 2. The van der Waals surface area contributed by atoms with Crippen LogP contribution in [0.1, 0.15) is 74.8 Å². The predicted molar refractivity (Wildman–Crippen MR) is 197 cm³/mol. The van der Waals surface area contributed by atoms with Crippen molar-refractivity contribution < 1.29 is 37.8 Å². The minimum absolute atomic E-state index is 0.00211. The van der Waals surface area contributed by atoms with Crippen molar-refractivity contribution >= 4 is 61.1 Å². The van der Waals surface area contributed by atoms with Crippen LogP contribution >= 0.6 is 15.9 Å². The van der Waals surface area contributed by atoms with Gasteiger partial charge in [0, 0.05) is 21.8 Å². The van der Waals surface area contributed by atoms with Gasteiger partial charge in [-0.2, -0.15) is 0 Å². The minimum atomic E-state index is -3.99. The zero-order valence-corrected chi connectivity index (χ0v) is 30.2. The zero-order valence-electron chi connectivity index (χ0n) is 27.8. The second kappa shape index (κ2) is 16.4. The fourth-order valence-corrected chi connectivity index (χ4v) is 7.87. The monoisotopic (exact) mass is 775 g/mol. The normalized spacial score (nSPS) is 16.5. The predicted octanol–water partition coefficient (Wildman–Crippen LogP) is 6.99. The van der Waals surface area contributed by atoms with E-state index < -0.39 is 45.7 Å². The fraction of sp³-hybridized carbons (Fsp3) is 0.263. The van der Waals surface area contributed by atoms with Crippen molar-refractivity contribution in [1.29, 1.82) is 0 Å². The van der Waals surface area contributed by atoms with Crippen LogP contribution in [0.2, 0.25) is 0 Å². The Kier molecular flexibility index (Phi) is 12.1. The molecule has 1 aliphatic rings. The standard InChI is InChI=1S/C38H38BrN3O8S/c1-23(26-13-15-28(16-14-26)38(47)48)42-51(49,50)32-4-2-3-29(21-32)35(43)41-34-22-30(39)17-20-33(34)36(44)40-31-18-9-25(10-19-31)6-5-24-7-11-27(12-8-24)37(45)46/h2-4,7-12,17-23,26,28,42H,5-6,13-16H2,1H3,(H,40,44)(H,41,43)(H,45,46)(H,47,48)/t23?,26-,28-. The van der Waals surface area contributed by atoms with Gasteiger partial charge in [0.2, 0.25) is 10.0 Å². The van der Waals surface area contributed by atoms with Gasteiger partial charge in [0.25, 0.3) is 11.8 Å². The number of benzene rings is 4. The number of halogens is 1. The van der Waals surface area contributed by atoms with Crippen LogP contribution in [-0.4, -0.2) is 48.4 Å². The first-order valence-corrected chi connectivity index (χ1v) is 18.8. The number of rotatable bonds is 13. The van der Waals surface area contributed by atoms with Gasteiger partial charge in [-0.15, -0.1) is 0 Å². The van der Waals surface area contributed by atoms with E-state index in [0.29, 0.717) is 35.8 Å². The maximum absolute atomic E-state index is 13.4. The van der Waals surface area contributed by atoms with Crippen LogP contribution in [0.15, 0.2) is 100 Å². The molecule has 4 aromatic rings. The lowest BCUT2D eigenvalue weighted by Gasteiger charge is -2.30. The first-order chi connectivity index (χ1) is 24.3. The summed E-state index contributed by atoms with van der Waals surface area (Å²) in [6.07, 6.45) is 3.64. The molecule has 0 spiro atoms. The highest BCUT2D eigenvalue weighted by Gasteiger charge is 2.31. The summed E-state index contributed by atoms with van der Waals surface area (Å²) < 4.78 is 29.9. The third kappa shape index (κ3) is 9.90. The zero-order chi connectivity index (χ0) is 36.7. The highest BCUT2D eigenvalue weighted by atomic mass is 79.9. The van der Waals surface area contributed by atoms with Gasteiger partial charge in [-0.3, -0.25) is 14.4 Å². The Morgan fingerprint density at radius 2 is 1.39 bits per heavy atom. The number of sulfonamides is 1. The molecule has 5 rings (SSSR count). The quantitative estimate of drug-likeness (QED) is 0.0964. The number of hydrogen-bond donors (Lipinski definition) is 5. The summed E-state index contributed by atoms with van der Waals surface area (Å²) in [5.74, 6) is -3.27. The van der Waals surface area contributed by atoms with Crippen molar-refractivity contribution in [1.82, 2.24) is 4.72 Å². The van der Waals surface area contributed by atoms with E-state index in [4.69, 9.17) is 5.11 Å². The summed E-state index contributed by atoms with van der Waals surface area (Å²) in [4.78, 5) is 49.0. The number of carboxylic acid groups (broad SMARTS) is 2. The van der Waals surface area contributed by atoms with E-state index in [1.807, 2.05) is 12.1 Å². The van der Waals surface area contributed by atoms with Crippen LogP contribution in [0.3, 0.4) is 0 Å². The summed E-state index contributed by atoms with van der Waals surface area (Å²) in [5, 5.41) is 23.9. The first kappa shape index (κ1) is 37.4. The Balaban J connectivity index is 1.21. The van der Waals surface area contributed by atoms with Crippen LogP contribution in [0.5, 0.6) is 0 Å². The third-order valence-electron chi connectivity index (χ3n) is 9.17. The van der Waals surface area contributed by atoms with E-state index >= 15 is 0 Å². The number of aromatic carboxylic acids is 1. The van der Waals surface area contributed by atoms with Gasteiger partial charge in [-0.1, -0.05) is 46.3 Å². The third-order valence-corrected chi connectivity index (χ3v) is 11.2. The summed E-state index contributed by atoms with van der Waals surface area (Å²) in [7, 11) is -3.99. The number of carbonyl (C=O) groups excluding carboxylic acids is 2. The molecule has 1 saturated carbocycles. The topological polar surface area (TPSA) is 179 Å². The molecule has 1 aliphatic carbocycles. The summed E-state index contributed by atoms with van der Waals surface area (Å²) in [6, 6.07) is 24.1. The Bertz CT molecular complexity index is 2030. The Morgan fingerprint density at radius 1 is 0.765 bits per heavy atom. The van der Waals surface area contributed by atoms with Crippen molar-refractivity contribution in [3.05, 3.63) is 123 Å². The molecule has 4 aromatic carbocycles. The molecule has 11 nitrogen and oxygen atoms in total. The van der Waals surface area contributed by atoms with Crippen LogP contribution in [0.25, 0.3) is 0 Å². The van der Waals surface area contributed by atoms with E-state index in [-0.39, 0.29) is 33.2 Å². The number of nitrogens with one attached hydrogen (secondary N) is 3. The van der Waals surface area contributed by atoms with Crippen LogP contribution in [-0.2, 0) is 27.7 Å². The van der Waals surface area contributed by atoms with E-state index in [1.165, 1.54) is 24.3 Å². The average Bonchev–Trinajstić information content (AvgIpc) is 3.11. The number of aliphatic carboxylic acids is 1. The number of aryl methyl sites for hydroxylation is 2. The molecule has 51 heavy (non-hydrogen) atoms. The van der Waals surface area contributed by atoms with Gasteiger partial charge in [0.1, 0.15) is 0 Å². The molecular weight excluding hydrogens is 738 g/mol. The Morgan fingerprint density at radius 3 is 2.00 bits per heavy atom. The largest absolute Gasteiger partial charge is 0.481 e. The second-order valence-corrected chi connectivity index (χ2v) is 15.3. The average molecular weight is 777 g/mol. The van der Waals surface area contributed by atoms with Gasteiger partial charge in [0.05, 0.1) is 27.6 Å². The molecule has 1 fully saturated rings. The van der Waals surface area contributed by atoms with E-state index in [0.717, 1.165) is 24.0 Å². The number of carbonyl (C=O) groups is 4. The second-order valence-electron chi connectivity index (χ2n) is 12.7. The lowest BCUT2D eigenvalue weighted by Crippen LogP contribution is -2.40. The molecule has 0 aromatic heterocycles. The smallest absolute Gasteiger partial charge is 0.335 e. The van der Waals surface area contributed by atoms with Crippen molar-refractivity contribution in [2.24, 2.45) is 11.8 Å². The van der Waals surface area contributed by atoms with E-state index in [9.17, 15) is 32.7 Å². The highest BCUT2D eigenvalue weighted by molar-refractivity contribution is 9.10. The minimum Gasteiger partial charge on any atom is -0.481 e. The Hall–Kier alpha value is -4.85. The van der Waals surface area contributed by atoms with Crippen LogP contribution in [0.4, 0.5) is 11.4 Å². The molecule has 1 atom stereocenters. The molecule has 0 radical (unpaired) electrons. The fourth-order valence-electron chi connectivity index (χ4n) is 6.15. The molecule has 0 heterocycles. The van der Waals surface area contributed by atoms with Gasteiger partial charge in [-0.05, 0) is 123 Å². The van der Waals surface area contributed by atoms with E-state index in [2.05, 4.69) is 31.3 Å². The van der Waals surface area contributed by atoms with Gasteiger partial charge in [-0.25, -0.2) is 17.9 Å². The molecule has 0 saturated heterocycles. The highest BCUT2D eigenvalue weighted by Crippen LogP contribution is 2.32. The summed E-state index contributed by atoms with van der Waals surface area (Å²) in [6.45, 7) is 1.76. The number of carboxylic acids is 2. The molecule has 0 bridgehead atoms. The molecule has 1 unspecified atom stereocenters. The van der Waals surface area contributed by atoms with Crippen molar-refractivity contribution in [2.75, 3.05) is 10.6 Å². The van der Waals surface area contributed by atoms with Crippen LogP contribution in [0, 0.1) is 11.8 Å². The maximum Gasteiger partial charge on any atom is 0.335 e. The van der Waals surface area contributed by atoms with Crippen molar-refractivity contribution in [3.8, 4) is 0 Å². The number of hydrogen-bond acceptors (Lipinski definition) is 6. The summed E-state index contributed by atoms with van der Waals surface area (Å²) >= 11 is 3.39. The first-order valence-electron chi connectivity index (χ1n) is 16.5. The lowest BCUT2D eigenvalue weighted by atomic mass is 9.79. The van der Waals surface area contributed by atoms with E-state index in [1.54, 1.807) is 61.5 Å². The summed E-state index contributed by atoms with van der Waals surface area (Å²) in [5.41, 5.74) is 3.31. The molecular formula is C38H38BrN3O8S. The molecule has 13 heteroatoms. The van der Waals surface area contributed by atoms with Gasteiger partial charge < -0.3 is 20.8 Å². The Labute approximate surface area is 304 Å². The van der Waals surface area contributed by atoms with Crippen molar-refractivity contribution in [3.63, 3.8) is 0 Å². The SMILES string of the molecule is CC(NS(=O)(=O)c1cccc(C(=O)Nc2cc(Br)ccc2C(=O)Nc2ccc(CCc3ccc(C(=O)O)cc3)cc2)c1)[C@H]1CC[C@H](C(=O)O)CC1. The molecule has 0 aliphatic heterocycles. The number of amides is 2. The van der Waals surface area contributed by atoms with Crippen LogP contribution < -0.4 is 15.4 Å². The molecule has 266 valence electrons. The van der Waals surface area contributed by atoms with Crippen molar-refractivity contribution in [2.45, 2.75) is 56.4 Å².